The van der Waals surface area contributed by atoms with Crippen LogP contribution in [0.15, 0.2) is 28.0 Å². The number of halogens is 1. The van der Waals surface area contributed by atoms with Gasteiger partial charge in [-0.25, -0.2) is 4.98 Å². The van der Waals surface area contributed by atoms with Crippen LogP contribution in [0.1, 0.15) is 22.8 Å². The summed E-state index contributed by atoms with van der Waals surface area (Å²) in [5, 5.41) is 12.3. The third kappa shape index (κ3) is 3.04. The second-order valence-electron chi connectivity index (χ2n) is 3.60. The van der Waals surface area contributed by atoms with Gasteiger partial charge in [0, 0.05) is 27.9 Å². The Morgan fingerprint density at radius 3 is 2.94 bits per heavy atom. The van der Waals surface area contributed by atoms with E-state index in [0.717, 1.165) is 4.34 Å². The van der Waals surface area contributed by atoms with E-state index in [0.29, 0.717) is 16.3 Å². The zero-order valence-corrected chi connectivity index (χ0v) is 11.9. The van der Waals surface area contributed by atoms with Crippen molar-refractivity contribution >= 4 is 40.5 Å². The lowest BCUT2D eigenvalue weighted by Gasteiger charge is -2.08. The molecule has 18 heavy (non-hydrogen) atoms. The van der Waals surface area contributed by atoms with E-state index in [1.807, 2.05) is 5.38 Å². The predicted molar refractivity (Wildman–Crippen MR) is 74.8 cm³/mol. The van der Waals surface area contributed by atoms with Crippen molar-refractivity contribution in [3.8, 4) is 5.75 Å². The van der Waals surface area contributed by atoms with Gasteiger partial charge in [0.2, 0.25) is 0 Å². The van der Waals surface area contributed by atoms with Crippen molar-refractivity contribution in [2.45, 2.75) is 17.0 Å². The average molecular weight is 300 g/mol. The predicted octanol–water partition coefficient (Wildman–Crippen LogP) is 4.00. The molecular weight excluding hydrogens is 290 g/mol. The van der Waals surface area contributed by atoms with Crippen LogP contribution in [0, 0.1) is 0 Å². The van der Waals surface area contributed by atoms with E-state index >= 15 is 0 Å². The Hall–Kier alpha value is -1.04. The fourth-order valence-corrected chi connectivity index (χ4v) is 3.31. The SMILES string of the molecule is CC(=O)c1cc(Cl)cc(CSc2nccs2)c1O. The Kier molecular flexibility index (Phi) is 4.27. The number of ketones is 1. The van der Waals surface area contributed by atoms with Crippen molar-refractivity contribution < 1.29 is 9.90 Å². The highest BCUT2D eigenvalue weighted by Crippen LogP contribution is 2.33. The molecule has 0 saturated heterocycles. The van der Waals surface area contributed by atoms with Crippen LogP contribution in [-0.2, 0) is 5.75 Å². The molecule has 94 valence electrons. The lowest BCUT2D eigenvalue weighted by molar-refractivity contribution is 0.101. The van der Waals surface area contributed by atoms with E-state index < -0.39 is 0 Å². The van der Waals surface area contributed by atoms with Gasteiger partial charge in [0.25, 0.3) is 0 Å². The normalized spacial score (nSPS) is 10.6. The summed E-state index contributed by atoms with van der Waals surface area (Å²) in [6, 6.07) is 3.15. The van der Waals surface area contributed by atoms with Crippen molar-refractivity contribution in [2.24, 2.45) is 0 Å². The van der Waals surface area contributed by atoms with Crippen molar-refractivity contribution in [3.63, 3.8) is 0 Å². The molecule has 1 aromatic carbocycles. The third-order valence-electron chi connectivity index (χ3n) is 2.29. The number of hydrogen-bond acceptors (Lipinski definition) is 5. The quantitative estimate of drug-likeness (QED) is 0.685. The maximum absolute atomic E-state index is 11.4. The minimum atomic E-state index is -0.199. The number of thiazole rings is 1. The van der Waals surface area contributed by atoms with Crippen LogP contribution in [0.3, 0.4) is 0 Å². The fourth-order valence-electron chi connectivity index (χ4n) is 1.46. The Morgan fingerprint density at radius 2 is 2.33 bits per heavy atom. The molecule has 0 unspecified atom stereocenters. The summed E-state index contributed by atoms with van der Waals surface area (Å²) in [6.45, 7) is 1.41. The molecule has 1 heterocycles. The largest absolute Gasteiger partial charge is 0.507 e. The summed E-state index contributed by atoms with van der Waals surface area (Å²) in [4.78, 5) is 15.5. The van der Waals surface area contributed by atoms with Crippen molar-refractivity contribution in [1.29, 1.82) is 0 Å². The number of Topliss-reactive ketones (excluding diaryl/α,β-unsaturated/α-hetero) is 1. The number of rotatable bonds is 4. The molecule has 2 rings (SSSR count). The number of aromatic nitrogens is 1. The summed E-state index contributed by atoms with van der Waals surface area (Å²) < 4.78 is 0.916. The second-order valence-corrected chi connectivity index (χ2v) is 6.16. The molecule has 0 bridgehead atoms. The number of carbonyl (C=O) groups excluding carboxylic acids is 1. The van der Waals surface area contributed by atoms with Gasteiger partial charge in [-0.2, -0.15) is 0 Å². The number of carbonyl (C=O) groups is 1. The van der Waals surface area contributed by atoms with Gasteiger partial charge in [-0.05, 0) is 19.1 Å². The number of benzene rings is 1. The number of phenolic OH excluding ortho intramolecular Hbond substituents is 1. The molecule has 0 atom stereocenters. The highest BCUT2D eigenvalue weighted by Gasteiger charge is 2.13. The lowest BCUT2D eigenvalue weighted by Crippen LogP contribution is -1.96. The van der Waals surface area contributed by atoms with E-state index in [1.54, 1.807) is 12.3 Å². The Labute approximate surface area is 118 Å². The molecule has 6 heteroatoms. The zero-order chi connectivity index (χ0) is 13.1. The first kappa shape index (κ1) is 13.4. The number of thioether (sulfide) groups is 1. The minimum absolute atomic E-state index is 0.0101. The van der Waals surface area contributed by atoms with Crippen LogP contribution in [0.5, 0.6) is 5.75 Å². The van der Waals surface area contributed by atoms with Crippen molar-refractivity contribution in [3.05, 3.63) is 39.9 Å². The van der Waals surface area contributed by atoms with Gasteiger partial charge in [0.15, 0.2) is 5.78 Å². The number of hydrogen-bond donors (Lipinski definition) is 1. The van der Waals surface area contributed by atoms with Gasteiger partial charge < -0.3 is 5.11 Å². The van der Waals surface area contributed by atoms with Gasteiger partial charge in [0.05, 0.1) is 5.56 Å². The summed E-state index contributed by atoms with van der Waals surface area (Å²) >= 11 is 8.98. The molecule has 1 N–H and O–H groups in total. The van der Waals surface area contributed by atoms with Crippen LogP contribution in [-0.4, -0.2) is 15.9 Å². The first-order chi connectivity index (χ1) is 8.58. The van der Waals surface area contributed by atoms with Gasteiger partial charge in [-0.3, -0.25) is 4.79 Å². The molecule has 0 aliphatic heterocycles. The molecule has 1 aromatic heterocycles. The number of aromatic hydroxyl groups is 1. The standard InChI is InChI=1S/C12H10ClNO2S2/c1-7(15)10-5-9(13)4-8(11(10)16)6-18-12-14-2-3-17-12/h2-5,16H,6H2,1H3. The van der Waals surface area contributed by atoms with E-state index in [9.17, 15) is 9.90 Å². The Balaban J connectivity index is 2.24. The lowest BCUT2D eigenvalue weighted by atomic mass is 10.1. The molecular formula is C12H10ClNO2S2. The summed E-state index contributed by atoms with van der Waals surface area (Å²) in [6.07, 6.45) is 1.73. The van der Waals surface area contributed by atoms with Crippen LogP contribution in [0.2, 0.25) is 5.02 Å². The average Bonchev–Trinajstić information content (AvgIpc) is 2.82. The van der Waals surface area contributed by atoms with Crippen molar-refractivity contribution in [1.82, 2.24) is 4.98 Å². The molecule has 0 amide bonds. The Morgan fingerprint density at radius 1 is 1.56 bits per heavy atom. The first-order valence-corrected chi connectivity index (χ1v) is 7.37. The smallest absolute Gasteiger partial charge is 0.163 e. The second kappa shape index (κ2) is 5.73. The van der Waals surface area contributed by atoms with E-state index in [1.165, 1.54) is 36.1 Å². The monoisotopic (exact) mass is 299 g/mol. The topological polar surface area (TPSA) is 50.2 Å². The maximum atomic E-state index is 11.4. The summed E-state index contributed by atoms with van der Waals surface area (Å²) in [5.74, 6) is 0.339. The molecule has 0 aliphatic rings. The summed E-state index contributed by atoms with van der Waals surface area (Å²) in [5.41, 5.74) is 0.908. The number of nitrogens with zero attached hydrogens (tertiary/aromatic N) is 1. The van der Waals surface area contributed by atoms with Crippen molar-refractivity contribution in [2.75, 3.05) is 0 Å². The highest BCUT2D eigenvalue weighted by molar-refractivity contribution is 8.00. The van der Waals surface area contributed by atoms with E-state index in [-0.39, 0.29) is 17.1 Å². The van der Waals surface area contributed by atoms with Crippen LogP contribution in [0.25, 0.3) is 0 Å². The zero-order valence-electron chi connectivity index (χ0n) is 9.51. The molecule has 0 aliphatic carbocycles. The molecule has 2 aromatic rings. The minimum Gasteiger partial charge on any atom is -0.507 e. The van der Waals surface area contributed by atoms with Crippen LogP contribution >= 0.6 is 34.7 Å². The molecule has 0 saturated carbocycles. The fraction of sp³-hybridized carbons (Fsp3) is 0.167. The third-order valence-corrected chi connectivity index (χ3v) is 4.53. The maximum Gasteiger partial charge on any atom is 0.163 e. The molecule has 3 nitrogen and oxygen atoms in total. The number of phenols is 1. The van der Waals surface area contributed by atoms with Gasteiger partial charge in [-0.1, -0.05) is 23.4 Å². The highest BCUT2D eigenvalue weighted by atomic mass is 35.5. The first-order valence-electron chi connectivity index (χ1n) is 5.12. The van der Waals surface area contributed by atoms with E-state index in [4.69, 9.17) is 11.6 Å². The Bertz CT molecular complexity index is 570. The van der Waals surface area contributed by atoms with Gasteiger partial charge >= 0.3 is 0 Å². The van der Waals surface area contributed by atoms with E-state index in [2.05, 4.69) is 4.98 Å². The van der Waals surface area contributed by atoms with Gasteiger partial charge in [-0.15, -0.1) is 11.3 Å². The van der Waals surface area contributed by atoms with Crippen LogP contribution < -0.4 is 0 Å². The molecule has 0 radical (unpaired) electrons. The van der Waals surface area contributed by atoms with Crippen LogP contribution in [0.4, 0.5) is 0 Å². The molecule has 0 fully saturated rings. The summed E-state index contributed by atoms with van der Waals surface area (Å²) in [7, 11) is 0. The molecule has 0 spiro atoms. The van der Waals surface area contributed by atoms with Gasteiger partial charge in [0.1, 0.15) is 10.1 Å².